The van der Waals surface area contributed by atoms with Crippen LogP contribution in [0.1, 0.15) is 23.8 Å². The molecule has 4 heterocycles. The number of carbonyl (C=O) groups excluding carboxylic acids is 1. The van der Waals surface area contributed by atoms with Gasteiger partial charge in [0.1, 0.15) is 29.1 Å². The second-order valence-electron chi connectivity index (χ2n) is 10.2. The maximum absolute atomic E-state index is 14.1. The number of nitrogens with zero attached hydrogens (tertiary/aromatic N) is 5. The van der Waals surface area contributed by atoms with Crippen molar-refractivity contribution in [3.05, 3.63) is 114 Å². The molecule has 0 radical (unpaired) electrons. The summed E-state index contributed by atoms with van der Waals surface area (Å²) >= 11 is 0. The number of hydrogen-bond acceptors (Lipinski definition) is 6. The van der Waals surface area contributed by atoms with Gasteiger partial charge in [-0.05, 0) is 36.4 Å². The fourth-order valence-corrected chi connectivity index (χ4v) is 5.78. The zero-order valence-corrected chi connectivity index (χ0v) is 21.8. The highest BCUT2D eigenvalue weighted by atomic mass is 16.3. The molecule has 1 atom stereocenters. The lowest BCUT2D eigenvalue weighted by molar-refractivity contribution is -0.133. The van der Waals surface area contributed by atoms with E-state index in [4.69, 9.17) is 19.5 Å². The van der Waals surface area contributed by atoms with Gasteiger partial charge in [0.2, 0.25) is 0 Å². The predicted octanol–water partition coefficient (Wildman–Crippen LogP) is 6.57. The first kappa shape index (κ1) is 23.4. The summed E-state index contributed by atoms with van der Waals surface area (Å²) < 4.78 is 8.01. The highest BCUT2D eigenvalue weighted by molar-refractivity contribution is 6.07. The van der Waals surface area contributed by atoms with E-state index in [0.717, 1.165) is 38.4 Å². The van der Waals surface area contributed by atoms with E-state index in [-0.39, 0.29) is 18.2 Å². The van der Waals surface area contributed by atoms with Gasteiger partial charge in [-0.15, -0.1) is 0 Å². The Hall–Kier alpha value is -5.50. The number of fused-ring (bicyclic) bond motifs is 5. The van der Waals surface area contributed by atoms with Crippen LogP contribution in [0.3, 0.4) is 0 Å². The molecule has 1 aliphatic heterocycles. The van der Waals surface area contributed by atoms with Crippen LogP contribution < -0.4 is 0 Å². The molecule has 1 aliphatic rings. The first-order valence-corrected chi connectivity index (χ1v) is 13.4. The molecule has 8 heteroatoms. The highest BCUT2D eigenvalue weighted by Crippen LogP contribution is 2.38. The number of aromatic hydroxyl groups is 1. The number of benzene rings is 4. The average molecular weight is 538 g/mol. The van der Waals surface area contributed by atoms with E-state index < -0.39 is 6.04 Å². The number of carbonyl (C=O) groups is 1. The molecule has 0 fully saturated rings. The van der Waals surface area contributed by atoms with E-state index in [1.54, 1.807) is 12.1 Å². The minimum atomic E-state index is -0.494. The quantitative estimate of drug-likeness (QED) is 0.274. The van der Waals surface area contributed by atoms with E-state index in [1.165, 1.54) is 5.01 Å². The largest absolute Gasteiger partial charge is 0.508 e. The van der Waals surface area contributed by atoms with Gasteiger partial charge in [-0.25, -0.2) is 15.0 Å². The monoisotopic (exact) mass is 537 g/mol. The van der Waals surface area contributed by atoms with Crippen LogP contribution in [-0.4, -0.2) is 36.3 Å². The zero-order valence-electron chi connectivity index (χ0n) is 21.8. The third-order valence-electron chi connectivity index (χ3n) is 7.72. The van der Waals surface area contributed by atoms with E-state index in [9.17, 15) is 9.90 Å². The molecular formula is C33H23N5O3. The number of para-hydroxylation sites is 5. The molecule has 8 rings (SSSR count). The van der Waals surface area contributed by atoms with Crippen LogP contribution in [-0.2, 0) is 11.3 Å². The number of phenolic OH excluding ortho intramolecular Hbond substituents is 1. The minimum absolute atomic E-state index is 0.00195. The Balaban J connectivity index is 1.24. The molecule has 0 bridgehead atoms. The van der Waals surface area contributed by atoms with Gasteiger partial charge in [0, 0.05) is 22.8 Å². The molecule has 1 amide bonds. The molecule has 4 aromatic carbocycles. The van der Waals surface area contributed by atoms with Gasteiger partial charge in [0.05, 0.1) is 22.6 Å². The van der Waals surface area contributed by atoms with E-state index in [2.05, 4.69) is 0 Å². The Morgan fingerprint density at radius 3 is 2.46 bits per heavy atom. The second-order valence-corrected chi connectivity index (χ2v) is 10.2. The van der Waals surface area contributed by atoms with Gasteiger partial charge in [-0.3, -0.25) is 4.79 Å². The molecule has 0 saturated carbocycles. The summed E-state index contributed by atoms with van der Waals surface area (Å²) in [7, 11) is 0. The smallest absolute Gasteiger partial charge is 0.263 e. The number of rotatable bonds is 4. The molecule has 198 valence electrons. The lowest BCUT2D eigenvalue weighted by Gasteiger charge is -2.23. The fourth-order valence-electron chi connectivity index (χ4n) is 5.78. The Morgan fingerprint density at radius 1 is 0.878 bits per heavy atom. The molecular weight excluding hydrogens is 514 g/mol. The van der Waals surface area contributed by atoms with Gasteiger partial charge in [0.25, 0.3) is 5.91 Å². The standard InChI is InChI=1S/C33H23N5O3/c39-28-15-7-3-10-21(28)27-18-25(30-17-20-9-1-8-16-29(20)41-30)36-38(27)31(40)19-37-26-14-6-2-11-22(26)32-33(37)35-24-13-5-4-12-23(24)34-32/h1-17,27,39H,18-19H2. The van der Waals surface area contributed by atoms with Crippen LogP contribution >= 0.6 is 0 Å². The number of hydrogen-bond donors (Lipinski definition) is 1. The number of aromatic nitrogens is 3. The van der Waals surface area contributed by atoms with Crippen LogP contribution in [0.15, 0.2) is 113 Å². The van der Waals surface area contributed by atoms with Gasteiger partial charge in [-0.2, -0.15) is 5.10 Å². The molecule has 7 aromatic rings. The van der Waals surface area contributed by atoms with E-state index in [0.29, 0.717) is 29.1 Å². The van der Waals surface area contributed by atoms with Crippen molar-refractivity contribution < 1.29 is 14.3 Å². The Labute approximate surface area is 233 Å². The molecule has 0 spiro atoms. The zero-order chi connectivity index (χ0) is 27.5. The summed E-state index contributed by atoms with van der Waals surface area (Å²) in [6.07, 6.45) is 0.404. The van der Waals surface area contributed by atoms with Gasteiger partial charge in [-0.1, -0.05) is 66.7 Å². The van der Waals surface area contributed by atoms with Gasteiger partial charge < -0.3 is 14.1 Å². The first-order valence-electron chi connectivity index (χ1n) is 13.4. The SMILES string of the molecule is O=C(Cn1c2ccccc2c2nc3ccccc3nc21)N1N=C(c2cc3ccccc3o2)CC1c1ccccc1O. The fraction of sp³-hybridized carbons (Fsp3) is 0.0909. The summed E-state index contributed by atoms with van der Waals surface area (Å²) in [4.78, 5) is 24.0. The number of phenols is 1. The molecule has 41 heavy (non-hydrogen) atoms. The molecule has 3 aromatic heterocycles. The normalized spacial score (nSPS) is 15.4. The average Bonchev–Trinajstić information content (AvgIpc) is 3.71. The second kappa shape index (κ2) is 9.02. The molecule has 0 aliphatic carbocycles. The lowest BCUT2D eigenvalue weighted by atomic mass is 10.00. The van der Waals surface area contributed by atoms with E-state index >= 15 is 0 Å². The van der Waals surface area contributed by atoms with Crippen LogP contribution in [0.25, 0.3) is 44.1 Å². The summed E-state index contributed by atoms with van der Waals surface area (Å²) in [6, 6.07) is 31.9. The number of furan rings is 1. The Bertz CT molecular complexity index is 2140. The van der Waals surface area contributed by atoms with E-state index in [1.807, 2.05) is 95.6 Å². The maximum Gasteiger partial charge on any atom is 0.263 e. The van der Waals surface area contributed by atoms with Crippen molar-refractivity contribution in [1.29, 1.82) is 0 Å². The molecule has 1 N–H and O–H groups in total. The summed E-state index contributed by atoms with van der Waals surface area (Å²) in [5.74, 6) is 0.489. The van der Waals surface area contributed by atoms with Crippen molar-refractivity contribution in [1.82, 2.24) is 19.5 Å². The van der Waals surface area contributed by atoms with Crippen molar-refractivity contribution in [2.24, 2.45) is 5.10 Å². The summed E-state index contributed by atoms with van der Waals surface area (Å²) in [5.41, 5.74) is 5.84. The maximum atomic E-state index is 14.1. The topological polar surface area (TPSA) is 96.8 Å². The first-order chi connectivity index (χ1) is 20.1. The third kappa shape index (κ3) is 3.76. The number of hydrazone groups is 1. The predicted molar refractivity (Wildman–Crippen MR) is 158 cm³/mol. The minimum Gasteiger partial charge on any atom is -0.508 e. The van der Waals surface area contributed by atoms with Crippen LogP contribution in [0.2, 0.25) is 0 Å². The number of amides is 1. The van der Waals surface area contributed by atoms with Gasteiger partial charge in [0.15, 0.2) is 11.4 Å². The van der Waals surface area contributed by atoms with Crippen molar-refractivity contribution >= 4 is 55.7 Å². The highest BCUT2D eigenvalue weighted by Gasteiger charge is 2.36. The summed E-state index contributed by atoms with van der Waals surface area (Å²) in [5, 5.41) is 18.9. The van der Waals surface area contributed by atoms with Crippen LogP contribution in [0.5, 0.6) is 5.75 Å². The van der Waals surface area contributed by atoms with Crippen LogP contribution in [0, 0.1) is 0 Å². The van der Waals surface area contributed by atoms with Crippen molar-refractivity contribution in [2.75, 3.05) is 0 Å². The summed E-state index contributed by atoms with van der Waals surface area (Å²) in [6.45, 7) is -0.00195. The lowest BCUT2D eigenvalue weighted by Crippen LogP contribution is -2.30. The Kier molecular flexibility index (Phi) is 5.15. The molecule has 8 nitrogen and oxygen atoms in total. The van der Waals surface area contributed by atoms with Crippen molar-refractivity contribution in [3.63, 3.8) is 0 Å². The Morgan fingerprint density at radius 2 is 1.61 bits per heavy atom. The molecule has 1 unspecified atom stereocenters. The van der Waals surface area contributed by atoms with Crippen molar-refractivity contribution in [2.45, 2.75) is 19.0 Å². The molecule has 0 saturated heterocycles. The van der Waals surface area contributed by atoms with Crippen LogP contribution in [0.4, 0.5) is 0 Å². The van der Waals surface area contributed by atoms with Gasteiger partial charge >= 0.3 is 0 Å². The third-order valence-corrected chi connectivity index (χ3v) is 7.72. The van der Waals surface area contributed by atoms with Crippen molar-refractivity contribution in [3.8, 4) is 5.75 Å².